The van der Waals surface area contributed by atoms with Gasteiger partial charge in [-0.3, -0.25) is 9.89 Å². The second-order valence-electron chi connectivity index (χ2n) is 2.94. The lowest BCUT2D eigenvalue weighted by atomic mass is 10.3. The van der Waals surface area contributed by atoms with E-state index in [0.717, 1.165) is 0 Å². The Morgan fingerprint density at radius 1 is 1.47 bits per heavy atom. The van der Waals surface area contributed by atoms with E-state index in [1.54, 1.807) is 0 Å². The summed E-state index contributed by atoms with van der Waals surface area (Å²) in [6.45, 7) is -0.0325. The number of H-pyrrole nitrogens is 1. The summed E-state index contributed by atoms with van der Waals surface area (Å²) in [5.74, 6) is -0.381. The lowest BCUT2D eigenvalue weighted by Crippen LogP contribution is -2.36. The van der Waals surface area contributed by atoms with Crippen LogP contribution in [-0.2, 0) is 0 Å². The van der Waals surface area contributed by atoms with Crippen LogP contribution >= 0.6 is 0 Å². The Hall–Kier alpha value is -1.60. The summed E-state index contributed by atoms with van der Waals surface area (Å²) in [4.78, 5) is 13.1. The monoisotopic (exact) mass is 214 g/mol. The van der Waals surface area contributed by atoms with Crippen molar-refractivity contribution in [1.82, 2.24) is 15.1 Å². The zero-order valence-electron chi connectivity index (χ0n) is 8.18. The van der Waals surface area contributed by atoms with Crippen molar-refractivity contribution in [3.05, 3.63) is 11.9 Å². The molecule has 0 atom stereocenters. The molecule has 15 heavy (non-hydrogen) atoms. The van der Waals surface area contributed by atoms with Crippen LogP contribution in [0.5, 0.6) is 0 Å². The van der Waals surface area contributed by atoms with Crippen LogP contribution in [0.15, 0.2) is 6.20 Å². The van der Waals surface area contributed by atoms with Gasteiger partial charge in [-0.25, -0.2) is 0 Å². The molecule has 1 heterocycles. The van der Waals surface area contributed by atoms with Crippen LogP contribution in [-0.4, -0.2) is 57.5 Å². The van der Waals surface area contributed by atoms with E-state index in [1.807, 2.05) is 0 Å². The summed E-state index contributed by atoms with van der Waals surface area (Å²) in [5.41, 5.74) is 5.93. The third-order valence-electron chi connectivity index (χ3n) is 1.91. The summed E-state index contributed by atoms with van der Waals surface area (Å²) in [5, 5.41) is 23.6. The largest absolute Gasteiger partial charge is 0.396 e. The van der Waals surface area contributed by atoms with Crippen molar-refractivity contribution < 1.29 is 15.0 Å². The van der Waals surface area contributed by atoms with Crippen molar-refractivity contribution in [2.24, 2.45) is 0 Å². The average Bonchev–Trinajstić information content (AvgIpc) is 2.63. The van der Waals surface area contributed by atoms with Crippen molar-refractivity contribution in [3.63, 3.8) is 0 Å². The van der Waals surface area contributed by atoms with Crippen LogP contribution < -0.4 is 5.73 Å². The van der Waals surface area contributed by atoms with Gasteiger partial charge in [0.05, 0.1) is 25.1 Å². The van der Waals surface area contributed by atoms with E-state index in [2.05, 4.69) is 10.2 Å². The van der Waals surface area contributed by atoms with Gasteiger partial charge in [-0.2, -0.15) is 5.10 Å². The van der Waals surface area contributed by atoms with E-state index in [4.69, 9.17) is 15.9 Å². The molecule has 0 unspecified atom stereocenters. The molecule has 0 saturated heterocycles. The number of aliphatic hydroxyl groups is 2. The SMILES string of the molecule is Nc1cn[nH]c1C(=O)N(CCO)CCO. The number of nitrogens with two attached hydrogens (primary N) is 1. The van der Waals surface area contributed by atoms with Crippen LogP contribution in [0.3, 0.4) is 0 Å². The maximum atomic E-state index is 11.8. The number of nitrogens with zero attached hydrogens (tertiary/aromatic N) is 2. The number of nitrogen functional groups attached to an aromatic ring is 1. The van der Waals surface area contributed by atoms with Gasteiger partial charge >= 0.3 is 0 Å². The maximum Gasteiger partial charge on any atom is 0.274 e. The van der Waals surface area contributed by atoms with Gasteiger partial charge < -0.3 is 20.8 Å². The van der Waals surface area contributed by atoms with Gasteiger partial charge in [0, 0.05) is 13.1 Å². The number of carbonyl (C=O) groups is 1. The van der Waals surface area contributed by atoms with Crippen LogP contribution in [0, 0.1) is 0 Å². The molecule has 0 aliphatic carbocycles. The fourth-order valence-corrected chi connectivity index (χ4v) is 1.18. The molecule has 0 saturated carbocycles. The number of hydrogen-bond donors (Lipinski definition) is 4. The topological polar surface area (TPSA) is 115 Å². The van der Waals surface area contributed by atoms with E-state index in [9.17, 15) is 4.79 Å². The summed E-state index contributed by atoms with van der Waals surface area (Å²) in [7, 11) is 0. The lowest BCUT2D eigenvalue weighted by Gasteiger charge is -2.19. The molecule has 0 spiro atoms. The van der Waals surface area contributed by atoms with Crippen LogP contribution in [0.1, 0.15) is 10.5 Å². The van der Waals surface area contributed by atoms with E-state index >= 15 is 0 Å². The van der Waals surface area contributed by atoms with Crippen LogP contribution in [0.4, 0.5) is 5.69 Å². The summed E-state index contributed by atoms with van der Waals surface area (Å²) in [6, 6.07) is 0. The van der Waals surface area contributed by atoms with Gasteiger partial charge in [0.15, 0.2) is 0 Å². The molecular weight excluding hydrogens is 200 g/mol. The van der Waals surface area contributed by atoms with Gasteiger partial charge in [-0.15, -0.1) is 0 Å². The Bertz CT molecular complexity index is 319. The molecule has 1 rings (SSSR count). The van der Waals surface area contributed by atoms with Gasteiger partial charge in [0.1, 0.15) is 5.69 Å². The normalized spacial score (nSPS) is 10.3. The Morgan fingerprint density at radius 3 is 2.47 bits per heavy atom. The smallest absolute Gasteiger partial charge is 0.274 e. The molecule has 0 radical (unpaired) electrons. The number of aliphatic hydroxyl groups excluding tert-OH is 2. The van der Waals surface area contributed by atoms with Gasteiger partial charge in [-0.05, 0) is 0 Å². The highest BCUT2D eigenvalue weighted by molar-refractivity contribution is 5.96. The second-order valence-corrected chi connectivity index (χ2v) is 2.94. The Kier molecular flexibility index (Phi) is 4.07. The molecule has 1 aromatic heterocycles. The highest BCUT2D eigenvalue weighted by Gasteiger charge is 2.18. The number of rotatable bonds is 5. The first-order valence-electron chi connectivity index (χ1n) is 4.50. The minimum atomic E-state index is -0.381. The third kappa shape index (κ3) is 2.67. The number of aromatic nitrogens is 2. The third-order valence-corrected chi connectivity index (χ3v) is 1.91. The molecule has 7 nitrogen and oxygen atoms in total. The molecular formula is C8H14N4O3. The van der Waals surface area contributed by atoms with Crippen molar-refractivity contribution in [1.29, 1.82) is 0 Å². The summed E-state index contributed by atoms with van der Waals surface area (Å²) in [6.07, 6.45) is 1.34. The fourth-order valence-electron chi connectivity index (χ4n) is 1.18. The van der Waals surface area contributed by atoms with E-state index < -0.39 is 0 Å². The number of anilines is 1. The van der Waals surface area contributed by atoms with Crippen LogP contribution in [0.25, 0.3) is 0 Å². The minimum Gasteiger partial charge on any atom is -0.396 e. The fraction of sp³-hybridized carbons (Fsp3) is 0.500. The molecule has 84 valence electrons. The first-order valence-corrected chi connectivity index (χ1v) is 4.50. The first kappa shape index (κ1) is 11.5. The van der Waals surface area contributed by atoms with E-state index in [0.29, 0.717) is 0 Å². The predicted molar refractivity (Wildman–Crippen MR) is 53.1 cm³/mol. The van der Waals surface area contributed by atoms with Crippen molar-refractivity contribution >= 4 is 11.6 Å². The molecule has 0 aromatic carbocycles. The number of amides is 1. The number of hydrogen-bond acceptors (Lipinski definition) is 5. The molecule has 0 bridgehead atoms. The molecule has 1 amide bonds. The molecule has 0 aliphatic heterocycles. The maximum absolute atomic E-state index is 11.8. The highest BCUT2D eigenvalue weighted by atomic mass is 16.3. The minimum absolute atomic E-state index is 0.151. The molecule has 7 heteroatoms. The zero-order chi connectivity index (χ0) is 11.3. The molecule has 5 N–H and O–H groups in total. The lowest BCUT2D eigenvalue weighted by molar-refractivity contribution is 0.0680. The predicted octanol–water partition coefficient (Wildman–Crippen LogP) is -1.58. The Balaban J connectivity index is 2.76. The quantitative estimate of drug-likeness (QED) is 0.472. The standard InChI is InChI=1S/C8H14N4O3/c9-6-5-10-11-7(6)8(15)12(1-3-13)2-4-14/h5,13-14H,1-4,9H2,(H,10,11). The van der Waals surface area contributed by atoms with Gasteiger partial charge in [0.25, 0.3) is 5.91 Å². The average molecular weight is 214 g/mol. The molecule has 0 aliphatic rings. The number of carbonyl (C=O) groups excluding carboxylic acids is 1. The number of aromatic amines is 1. The highest BCUT2D eigenvalue weighted by Crippen LogP contribution is 2.09. The Morgan fingerprint density at radius 2 is 2.07 bits per heavy atom. The second kappa shape index (κ2) is 5.32. The van der Waals surface area contributed by atoms with Gasteiger partial charge in [-0.1, -0.05) is 0 Å². The van der Waals surface area contributed by atoms with Crippen LogP contribution in [0.2, 0.25) is 0 Å². The first-order chi connectivity index (χ1) is 7.20. The van der Waals surface area contributed by atoms with Gasteiger partial charge in [0.2, 0.25) is 0 Å². The Labute approximate surface area is 86.5 Å². The summed E-state index contributed by atoms with van der Waals surface area (Å²) >= 11 is 0. The van der Waals surface area contributed by atoms with E-state index in [1.165, 1.54) is 11.1 Å². The zero-order valence-corrected chi connectivity index (χ0v) is 8.18. The number of nitrogens with one attached hydrogen (secondary N) is 1. The molecule has 1 aromatic rings. The van der Waals surface area contributed by atoms with Crippen molar-refractivity contribution in [2.75, 3.05) is 32.0 Å². The van der Waals surface area contributed by atoms with Crippen molar-refractivity contribution in [2.45, 2.75) is 0 Å². The van der Waals surface area contributed by atoms with E-state index in [-0.39, 0.29) is 43.6 Å². The molecule has 0 fully saturated rings. The summed E-state index contributed by atoms with van der Waals surface area (Å²) < 4.78 is 0. The van der Waals surface area contributed by atoms with Crippen molar-refractivity contribution in [3.8, 4) is 0 Å².